The van der Waals surface area contributed by atoms with E-state index in [0.717, 1.165) is 0 Å². The third-order valence-electron chi connectivity index (χ3n) is 3.92. The molecule has 0 spiro atoms. The number of carboxylic acid groups (broad SMARTS) is 2. The van der Waals surface area contributed by atoms with Gasteiger partial charge in [-0.1, -0.05) is 0 Å². The van der Waals surface area contributed by atoms with Gasteiger partial charge in [0.2, 0.25) is 0 Å². The van der Waals surface area contributed by atoms with Crippen molar-refractivity contribution in [1.82, 2.24) is 4.90 Å². The van der Waals surface area contributed by atoms with E-state index in [1.807, 2.05) is 7.05 Å². The first-order valence-electron chi connectivity index (χ1n) is 5.63. The molecule has 2 fully saturated rings. The molecule has 5 heteroatoms. The van der Waals surface area contributed by atoms with Crippen LogP contribution >= 0.6 is 0 Å². The Morgan fingerprint density at radius 3 is 1.94 bits per heavy atom. The second kappa shape index (κ2) is 4.05. The van der Waals surface area contributed by atoms with Gasteiger partial charge in [-0.25, -0.2) is 0 Å². The second-order valence-electron chi connectivity index (χ2n) is 5.11. The maximum atomic E-state index is 11.2. The maximum absolute atomic E-state index is 11.2. The zero-order chi connectivity index (χ0) is 11.9. The van der Waals surface area contributed by atoms with Crippen LogP contribution in [0, 0.1) is 23.7 Å². The van der Waals surface area contributed by atoms with Crippen LogP contribution in [0.5, 0.6) is 0 Å². The fourth-order valence-corrected chi connectivity index (χ4v) is 3.36. The monoisotopic (exact) mass is 227 g/mol. The van der Waals surface area contributed by atoms with E-state index in [-0.39, 0.29) is 23.7 Å². The molecule has 1 aliphatic heterocycles. The van der Waals surface area contributed by atoms with Gasteiger partial charge in [-0.05, 0) is 31.7 Å². The summed E-state index contributed by atoms with van der Waals surface area (Å²) in [7, 11) is 1.97. The minimum absolute atomic E-state index is 0.00361. The van der Waals surface area contributed by atoms with Crippen LogP contribution in [0.4, 0.5) is 0 Å². The van der Waals surface area contributed by atoms with E-state index in [2.05, 4.69) is 4.90 Å². The zero-order valence-corrected chi connectivity index (χ0v) is 9.30. The van der Waals surface area contributed by atoms with Gasteiger partial charge in [0.05, 0.1) is 11.8 Å². The standard InChI is InChI=1S/C11H17NO4/c1-12-4-7-2-6(10(13)14)3-8(5-12)9(7)11(15)16/h6-9H,2-5H2,1H3,(H,13,14)(H,15,16). The molecule has 16 heavy (non-hydrogen) atoms. The molecule has 90 valence electrons. The van der Waals surface area contributed by atoms with Crippen LogP contribution in [0.15, 0.2) is 0 Å². The lowest BCUT2D eigenvalue weighted by atomic mass is 9.65. The Morgan fingerprint density at radius 1 is 1.06 bits per heavy atom. The number of nitrogens with zero attached hydrogens (tertiary/aromatic N) is 1. The quantitative estimate of drug-likeness (QED) is 0.712. The third kappa shape index (κ3) is 1.91. The lowest BCUT2D eigenvalue weighted by Crippen LogP contribution is -2.52. The molecule has 0 amide bonds. The zero-order valence-electron chi connectivity index (χ0n) is 9.30. The molecule has 2 aliphatic rings. The van der Waals surface area contributed by atoms with Crippen LogP contribution in [-0.4, -0.2) is 47.2 Å². The molecule has 1 saturated heterocycles. The Hall–Kier alpha value is -1.10. The van der Waals surface area contributed by atoms with Crippen molar-refractivity contribution in [1.29, 1.82) is 0 Å². The number of likely N-dealkylation sites (tertiary alicyclic amines) is 1. The second-order valence-corrected chi connectivity index (χ2v) is 5.11. The maximum Gasteiger partial charge on any atom is 0.307 e. The largest absolute Gasteiger partial charge is 0.481 e. The summed E-state index contributed by atoms with van der Waals surface area (Å²) < 4.78 is 0. The van der Waals surface area contributed by atoms with Gasteiger partial charge in [0.1, 0.15) is 0 Å². The van der Waals surface area contributed by atoms with E-state index in [4.69, 9.17) is 5.11 Å². The molecule has 2 unspecified atom stereocenters. The molecular weight excluding hydrogens is 210 g/mol. The summed E-state index contributed by atoms with van der Waals surface area (Å²) in [5, 5.41) is 18.2. The van der Waals surface area contributed by atoms with E-state index in [9.17, 15) is 14.7 Å². The van der Waals surface area contributed by atoms with Gasteiger partial charge in [-0.2, -0.15) is 0 Å². The predicted molar refractivity (Wildman–Crippen MR) is 56.0 cm³/mol. The van der Waals surface area contributed by atoms with Crippen LogP contribution in [-0.2, 0) is 9.59 Å². The molecule has 2 rings (SSSR count). The fourth-order valence-electron chi connectivity index (χ4n) is 3.36. The Bertz CT molecular complexity index is 301. The molecule has 1 heterocycles. The van der Waals surface area contributed by atoms with E-state index < -0.39 is 11.9 Å². The first-order valence-corrected chi connectivity index (χ1v) is 5.63. The number of carbonyl (C=O) groups is 2. The van der Waals surface area contributed by atoms with Crippen LogP contribution in [0.3, 0.4) is 0 Å². The number of hydrogen-bond acceptors (Lipinski definition) is 3. The molecule has 1 aliphatic carbocycles. The summed E-state index contributed by atoms with van der Waals surface area (Å²) in [6.45, 7) is 1.41. The minimum Gasteiger partial charge on any atom is -0.481 e. The molecule has 0 aromatic rings. The summed E-state index contributed by atoms with van der Waals surface area (Å²) in [6.07, 6.45) is 1.01. The number of piperidine rings is 1. The molecule has 0 aromatic heterocycles. The first kappa shape index (κ1) is 11.4. The van der Waals surface area contributed by atoms with E-state index in [0.29, 0.717) is 25.9 Å². The smallest absolute Gasteiger partial charge is 0.307 e. The van der Waals surface area contributed by atoms with Gasteiger partial charge in [0.25, 0.3) is 0 Å². The number of aliphatic carboxylic acids is 2. The highest BCUT2D eigenvalue weighted by atomic mass is 16.4. The van der Waals surface area contributed by atoms with Crippen molar-refractivity contribution in [3.8, 4) is 0 Å². The Kier molecular flexibility index (Phi) is 2.88. The third-order valence-corrected chi connectivity index (χ3v) is 3.92. The Labute approximate surface area is 94.0 Å². The van der Waals surface area contributed by atoms with Crippen molar-refractivity contribution in [3.63, 3.8) is 0 Å². The average molecular weight is 227 g/mol. The van der Waals surface area contributed by atoms with Gasteiger partial charge in [0, 0.05) is 13.1 Å². The molecule has 2 bridgehead atoms. The van der Waals surface area contributed by atoms with Crippen LogP contribution < -0.4 is 0 Å². The van der Waals surface area contributed by atoms with Gasteiger partial charge in [0.15, 0.2) is 0 Å². The topological polar surface area (TPSA) is 77.8 Å². The Morgan fingerprint density at radius 2 is 1.56 bits per heavy atom. The molecule has 2 N–H and O–H groups in total. The lowest BCUT2D eigenvalue weighted by molar-refractivity contribution is -0.158. The summed E-state index contributed by atoms with van der Waals surface area (Å²) in [4.78, 5) is 24.3. The van der Waals surface area contributed by atoms with E-state index >= 15 is 0 Å². The Balaban J connectivity index is 2.18. The number of fused-ring (bicyclic) bond motifs is 2. The number of hydrogen-bond donors (Lipinski definition) is 2. The molecule has 5 nitrogen and oxygen atoms in total. The number of carboxylic acids is 2. The van der Waals surface area contributed by atoms with Crippen molar-refractivity contribution in [2.24, 2.45) is 23.7 Å². The highest BCUT2D eigenvalue weighted by Crippen LogP contribution is 2.42. The van der Waals surface area contributed by atoms with Crippen molar-refractivity contribution in [2.75, 3.05) is 20.1 Å². The average Bonchev–Trinajstić information content (AvgIpc) is 2.14. The molecule has 0 radical (unpaired) electrons. The van der Waals surface area contributed by atoms with Crippen molar-refractivity contribution in [2.45, 2.75) is 12.8 Å². The lowest BCUT2D eigenvalue weighted by Gasteiger charge is -2.46. The van der Waals surface area contributed by atoms with Crippen molar-refractivity contribution in [3.05, 3.63) is 0 Å². The van der Waals surface area contributed by atoms with Crippen molar-refractivity contribution >= 4 is 11.9 Å². The normalized spacial score (nSPS) is 39.3. The summed E-state index contributed by atoms with van der Waals surface area (Å²) in [6, 6.07) is 0. The highest BCUT2D eigenvalue weighted by Gasteiger charge is 2.47. The summed E-state index contributed by atoms with van der Waals surface area (Å²) in [5.41, 5.74) is 0. The van der Waals surface area contributed by atoms with Gasteiger partial charge >= 0.3 is 11.9 Å². The predicted octanol–water partition coefficient (Wildman–Crippen LogP) is 0.360. The van der Waals surface area contributed by atoms with Crippen LogP contribution in [0.2, 0.25) is 0 Å². The van der Waals surface area contributed by atoms with Gasteiger partial charge < -0.3 is 15.1 Å². The van der Waals surface area contributed by atoms with Crippen LogP contribution in [0.1, 0.15) is 12.8 Å². The van der Waals surface area contributed by atoms with E-state index in [1.54, 1.807) is 0 Å². The summed E-state index contributed by atoms with van der Waals surface area (Å²) >= 11 is 0. The highest BCUT2D eigenvalue weighted by molar-refractivity contribution is 5.74. The van der Waals surface area contributed by atoms with Crippen LogP contribution in [0.25, 0.3) is 0 Å². The SMILES string of the molecule is CN1CC2CC(C(=O)O)CC(C1)C2C(=O)O. The number of rotatable bonds is 2. The summed E-state index contributed by atoms with van der Waals surface area (Å²) in [5.74, 6) is -2.23. The fraction of sp³-hybridized carbons (Fsp3) is 0.818. The molecule has 2 atom stereocenters. The van der Waals surface area contributed by atoms with Gasteiger partial charge in [-0.3, -0.25) is 9.59 Å². The first-order chi connectivity index (χ1) is 7.49. The molecular formula is C11H17NO4. The van der Waals surface area contributed by atoms with Gasteiger partial charge in [-0.15, -0.1) is 0 Å². The molecule has 0 aromatic carbocycles. The minimum atomic E-state index is -0.775. The molecule has 1 saturated carbocycles. The van der Waals surface area contributed by atoms with E-state index in [1.165, 1.54) is 0 Å². The van der Waals surface area contributed by atoms with Crippen molar-refractivity contribution < 1.29 is 19.8 Å².